The van der Waals surface area contributed by atoms with Crippen molar-refractivity contribution in [2.75, 3.05) is 26.4 Å². The molecule has 0 bridgehead atoms. The molecule has 1 atom stereocenters. The molecule has 0 aliphatic carbocycles. The minimum Gasteiger partial charge on any atom is -0.395 e. The van der Waals surface area contributed by atoms with Crippen molar-refractivity contribution in [3.63, 3.8) is 0 Å². The SMILES string of the molecule is CC(C)CCOCCNS(=O)(=O)C(C)CO. The van der Waals surface area contributed by atoms with E-state index in [2.05, 4.69) is 18.6 Å². The Kier molecular flexibility index (Phi) is 7.91. The Morgan fingerprint density at radius 1 is 1.25 bits per heavy atom. The Balaban J connectivity index is 3.59. The zero-order valence-corrected chi connectivity index (χ0v) is 11.1. The van der Waals surface area contributed by atoms with Crippen LogP contribution in [0.4, 0.5) is 0 Å². The predicted octanol–water partition coefficient (Wildman–Crippen LogP) is 0.349. The number of aliphatic hydroxyl groups excluding tert-OH is 1. The van der Waals surface area contributed by atoms with Gasteiger partial charge in [0.1, 0.15) is 0 Å². The highest BCUT2D eigenvalue weighted by Crippen LogP contribution is 1.99. The van der Waals surface area contributed by atoms with Gasteiger partial charge in [0, 0.05) is 13.2 Å². The van der Waals surface area contributed by atoms with Crippen LogP contribution < -0.4 is 4.72 Å². The van der Waals surface area contributed by atoms with Crippen LogP contribution in [0.5, 0.6) is 0 Å². The molecule has 0 aromatic heterocycles. The molecule has 0 aliphatic rings. The fraction of sp³-hybridized carbons (Fsp3) is 1.00. The summed E-state index contributed by atoms with van der Waals surface area (Å²) in [4.78, 5) is 0. The predicted molar refractivity (Wildman–Crippen MR) is 63.7 cm³/mol. The van der Waals surface area contributed by atoms with Gasteiger partial charge in [-0.3, -0.25) is 0 Å². The second-order valence-corrected chi connectivity index (χ2v) is 6.41. The van der Waals surface area contributed by atoms with E-state index in [1.165, 1.54) is 6.92 Å². The lowest BCUT2D eigenvalue weighted by Gasteiger charge is -2.11. The average Bonchev–Trinajstić information content (AvgIpc) is 2.21. The van der Waals surface area contributed by atoms with Gasteiger partial charge in [-0.15, -0.1) is 0 Å². The molecule has 5 nitrogen and oxygen atoms in total. The van der Waals surface area contributed by atoms with Gasteiger partial charge in [-0.05, 0) is 19.3 Å². The van der Waals surface area contributed by atoms with Gasteiger partial charge < -0.3 is 9.84 Å². The smallest absolute Gasteiger partial charge is 0.216 e. The third-order valence-corrected chi connectivity index (χ3v) is 3.99. The molecule has 0 heterocycles. The maximum absolute atomic E-state index is 11.4. The van der Waals surface area contributed by atoms with Crippen LogP contribution in [0, 0.1) is 5.92 Å². The highest BCUT2D eigenvalue weighted by Gasteiger charge is 2.18. The van der Waals surface area contributed by atoms with Crippen LogP contribution in [-0.2, 0) is 14.8 Å². The van der Waals surface area contributed by atoms with Crippen LogP contribution in [0.25, 0.3) is 0 Å². The molecule has 0 radical (unpaired) electrons. The van der Waals surface area contributed by atoms with Crippen LogP contribution in [0.15, 0.2) is 0 Å². The Bertz CT molecular complexity index is 264. The Morgan fingerprint density at radius 3 is 2.38 bits per heavy atom. The summed E-state index contributed by atoms with van der Waals surface area (Å²) in [6, 6.07) is 0. The Labute approximate surface area is 98.2 Å². The number of sulfonamides is 1. The number of ether oxygens (including phenoxy) is 1. The first-order valence-corrected chi connectivity index (χ1v) is 7.12. The van der Waals surface area contributed by atoms with Crippen LogP contribution in [0.3, 0.4) is 0 Å². The molecule has 0 aromatic rings. The molecular formula is C10H23NO4S. The van der Waals surface area contributed by atoms with Gasteiger partial charge in [0.15, 0.2) is 0 Å². The van der Waals surface area contributed by atoms with Crippen molar-refractivity contribution >= 4 is 10.0 Å². The first-order chi connectivity index (χ1) is 7.40. The van der Waals surface area contributed by atoms with E-state index < -0.39 is 15.3 Å². The lowest BCUT2D eigenvalue weighted by molar-refractivity contribution is 0.128. The van der Waals surface area contributed by atoms with Gasteiger partial charge in [0.25, 0.3) is 0 Å². The quantitative estimate of drug-likeness (QED) is 0.581. The molecule has 98 valence electrons. The van der Waals surface area contributed by atoms with Gasteiger partial charge in [-0.2, -0.15) is 0 Å². The first kappa shape index (κ1) is 15.8. The van der Waals surface area contributed by atoms with E-state index in [9.17, 15) is 8.42 Å². The second kappa shape index (κ2) is 8.00. The normalized spacial score (nSPS) is 14.3. The van der Waals surface area contributed by atoms with Crippen molar-refractivity contribution in [3.05, 3.63) is 0 Å². The van der Waals surface area contributed by atoms with Gasteiger partial charge in [-0.25, -0.2) is 13.1 Å². The Morgan fingerprint density at radius 2 is 1.88 bits per heavy atom. The molecular weight excluding hydrogens is 230 g/mol. The topological polar surface area (TPSA) is 75.6 Å². The summed E-state index contributed by atoms with van der Waals surface area (Å²) in [6.07, 6.45) is 0.972. The maximum Gasteiger partial charge on any atom is 0.216 e. The summed E-state index contributed by atoms with van der Waals surface area (Å²) in [5, 5.41) is 7.95. The zero-order chi connectivity index (χ0) is 12.6. The third-order valence-electron chi connectivity index (χ3n) is 2.18. The van der Waals surface area contributed by atoms with Crippen molar-refractivity contribution in [2.24, 2.45) is 5.92 Å². The summed E-state index contributed by atoms with van der Waals surface area (Å²) in [5.41, 5.74) is 0. The largest absolute Gasteiger partial charge is 0.395 e. The van der Waals surface area contributed by atoms with E-state index in [0.717, 1.165) is 6.42 Å². The van der Waals surface area contributed by atoms with Crippen LogP contribution in [0.2, 0.25) is 0 Å². The summed E-state index contributed by atoms with van der Waals surface area (Å²) >= 11 is 0. The molecule has 0 aromatic carbocycles. The Hall–Kier alpha value is -0.170. The van der Waals surface area contributed by atoms with Gasteiger partial charge >= 0.3 is 0 Å². The van der Waals surface area contributed by atoms with Crippen molar-refractivity contribution in [2.45, 2.75) is 32.4 Å². The molecule has 6 heteroatoms. The van der Waals surface area contributed by atoms with Gasteiger partial charge in [-0.1, -0.05) is 13.8 Å². The van der Waals surface area contributed by atoms with Gasteiger partial charge in [0.05, 0.1) is 18.5 Å². The van der Waals surface area contributed by atoms with Crippen LogP contribution >= 0.6 is 0 Å². The van der Waals surface area contributed by atoms with E-state index >= 15 is 0 Å². The third kappa shape index (κ3) is 7.16. The molecule has 0 spiro atoms. The minimum atomic E-state index is -3.39. The molecule has 0 saturated carbocycles. The molecule has 0 amide bonds. The molecule has 2 N–H and O–H groups in total. The second-order valence-electron chi connectivity index (χ2n) is 4.23. The van der Waals surface area contributed by atoms with E-state index in [1.807, 2.05) is 0 Å². The van der Waals surface area contributed by atoms with E-state index in [4.69, 9.17) is 9.84 Å². The molecule has 16 heavy (non-hydrogen) atoms. The number of nitrogens with one attached hydrogen (secondary N) is 1. The highest BCUT2D eigenvalue weighted by molar-refractivity contribution is 7.90. The van der Waals surface area contributed by atoms with Crippen LogP contribution in [0.1, 0.15) is 27.2 Å². The average molecular weight is 253 g/mol. The minimum absolute atomic E-state index is 0.255. The van der Waals surface area contributed by atoms with Crippen molar-refractivity contribution in [3.8, 4) is 0 Å². The maximum atomic E-state index is 11.4. The number of hydrogen-bond donors (Lipinski definition) is 2. The molecule has 0 fully saturated rings. The number of hydrogen-bond acceptors (Lipinski definition) is 4. The van der Waals surface area contributed by atoms with Crippen molar-refractivity contribution in [1.29, 1.82) is 0 Å². The van der Waals surface area contributed by atoms with E-state index in [1.54, 1.807) is 0 Å². The summed E-state index contributed by atoms with van der Waals surface area (Å²) in [6.45, 7) is 6.57. The summed E-state index contributed by atoms with van der Waals surface area (Å²) in [5.74, 6) is 0.589. The fourth-order valence-corrected chi connectivity index (χ4v) is 1.77. The summed E-state index contributed by atoms with van der Waals surface area (Å²) < 4.78 is 30.4. The lowest BCUT2D eigenvalue weighted by Crippen LogP contribution is -2.36. The zero-order valence-electron chi connectivity index (χ0n) is 10.3. The molecule has 0 rings (SSSR count). The van der Waals surface area contributed by atoms with Crippen LogP contribution in [-0.4, -0.2) is 45.1 Å². The van der Waals surface area contributed by atoms with E-state index in [-0.39, 0.29) is 13.2 Å². The number of rotatable bonds is 9. The summed E-state index contributed by atoms with van der Waals surface area (Å²) in [7, 11) is -3.39. The van der Waals surface area contributed by atoms with E-state index in [0.29, 0.717) is 19.1 Å². The standard InChI is InChI=1S/C10H23NO4S/c1-9(2)4-6-15-7-5-11-16(13,14)10(3)8-12/h9-12H,4-8H2,1-3H3. The molecule has 1 unspecified atom stereocenters. The fourth-order valence-electron chi connectivity index (χ4n) is 0.918. The van der Waals surface area contributed by atoms with Crippen molar-refractivity contribution < 1.29 is 18.3 Å². The lowest BCUT2D eigenvalue weighted by atomic mass is 10.1. The van der Waals surface area contributed by atoms with Gasteiger partial charge in [0.2, 0.25) is 10.0 Å². The monoisotopic (exact) mass is 253 g/mol. The highest BCUT2D eigenvalue weighted by atomic mass is 32.2. The molecule has 0 aliphatic heterocycles. The number of aliphatic hydroxyl groups is 1. The molecule has 0 saturated heterocycles. The van der Waals surface area contributed by atoms with Crippen molar-refractivity contribution in [1.82, 2.24) is 4.72 Å². The first-order valence-electron chi connectivity index (χ1n) is 5.57.